The highest BCUT2D eigenvalue weighted by Crippen LogP contribution is 2.31. The molecule has 0 bridgehead atoms. The van der Waals surface area contributed by atoms with Gasteiger partial charge in [0.1, 0.15) is 6.04 Å². The molecular weight excluding hydrogens is 258 g/mol. The van der Waals surface area contributed by atoms with Crippen LogP contribution in [0.3, 0.4) is 0 Å². The van der Waals surface area contributed by atoms with Gasteiger partial charge in [0.25, 0.3) is 0 Å². The summed E-state index contributed by atoms with van der Waals surface area (Å²) < 4.78 is 0. The van der Waals surface area contributed by atoms with E-state index in [9.17, 15) is 0 Å². The number of hydrogen-bond acceptors (Lipinski definition) is 5. The maximum Gasteiger partial charge on any atom is 0.196 e. The van der Waals surface area contributed by atoms with Crippen molar-refractivity contribution in [2.45, 2.75) is 6.04 Å². The van der Waals surface area contributed by atoms with E-state index in [2.05, 4.69) is 26.3 Å². The molecule has 4 N–H and O–H groups in total. The molecule has 1 atom stereocenters. The van der Waals surface area contributed by atoms with Crippen LogP contribution >= 0.6 is 11.3 Å². The first-order valence-electron chi connectivity index (χ1n) is 5.85. The van der Waals surface area contributed by atoms with Gasteiger partial charge in [0.2, 0.25) is 0 Å². The van der Waals surface area contributed by atoms with Crippen molar-refractivity contribution in [2.75, 3.05) is 0 Å². The third-order valence-electron chi connectivity index (χ3n) is 2.73. The molecule has 0 saturated carbocycles. The highest BCUT2D eigenvalue weighted by atomic mass is 32.1. The zero-order valence-corrected chi connectivity index (χ0v) is 10.9. The molecule has 1 aliphatic rings. The van der Waals surface area contributed by atoms with Gasteiger partial charge in [0.15, 0.2) is 11.8 Å². The van der Waals surface area contributed by atoms with Crippen LogP contribution in [0, 0.1) is 0 Å². The number of nitrogens with two attached hydrogens (primary N) is 1. The van der Waals surface area contributed by atoms with Gasteiger partial charge in [-0.2, -0.15) is 4.99 Å². The maximum absolute atomic E-state index is 5.81. The first-order valence-corrected chi connectivity index (χ1v) is 6.73. The van der Waals surface area contributed by atoms with Crippen molar-refractivity contribution in [3.05, 3.63) is 58.7 Å². The van der Waals surface area contributed by atoms with Gasteiger partial charge < -0.3 is 16.0 Å². The Bertz CT molecular complexity index is 632. The number of hydrogen-bond donors (Lipinski definition) is 3. The predicted octanol–water partition coefficient (Wildman–Crippen LogP) is 2.23. The van der Waals surface area contributed by atoms with Gasteiger partial charge in [-0.15, -0.1) is 11.3 Å². The third kappa shape index (κ3) is 2.43. The lowest BCUT2D eigenvalue weighted by Crippen LogP contribution is -2.37. The Morgan fingerprint density at radius 3 is 2.95 bits per heavy atom. The van der Waals surface area contributed by atoms with Crippen LogP contribution in [0.2, 0.25) is 0 Å². The highest BCUT2D eigenvalue weighted by molar-refractivity contribution is 7.09. The molecule has 0 fully saturated rings. The number of H-pyrrole nitrogens is 1. The Hall–Kier alpha value is -2.34. The fraction of sp³-hybridized carbons (Fsp3) is 0.0769. The molecule has 19 heavy (non-hydrogen) atoms. The molecule has 2 aromatic heterocycles. The molecule has 5 nitrogen and oxygen atoms in total. The summed E-state index contributed by atoms with van der Waals surface area (Å²) in [4.78, 5) is 12.6. The topological polar surface area (TPSA) is 79.1 Å². The number of rotatable bonds is 1. The van der Waals surface area contributed by atoms with Crippen molar-refractivity contribution in [1.82, 2.24) is 15.3 Å². The van der Waals surface area contributed by atoms with Crippen LogP contribution in [0.4, 0.5) is 5.82 Å². The number of imidazole rings is 1. The lowest BCUT2D eigenvalue weighted by molar-refractivity contribution is 0.734. The number of aliphatic imine (C=N–C) groups is 1. The second kappa shape index (κ2) is 5.11. The average molecular weight is 271 g/mol. The molecule has 0 spiro atoms. The quantitative estimate of drug-likeness (QED) is 0.744. The lowest BCUT2D eigenvalue weighted by atomic mass is 10.1. The summed E-state index contributed by atoms with van der Waals surface area (Å²) in [7, 11) is 0. The van der Waals surface area contributed by atoms with Crippen molar-refractivity contribution in [1.29, 1.82) is 0 Å². The minimum atomic E-state index is -0.0487. The highest BCUT2D eigenvalue weighted by Gasteiger charge is 2.24. The summed E-state index contributed by atoms with van der Waals surface area (Å²) in [5.74, 6) is 1.03. The maximum atomic E-state index is 5.81. The monoisotopic (exact) mass is 271 g/mol. The third-order valence-corrected chi connectivity index (χ3v) is 3.66. The van der Waals surface area contributed by atoms with Crippen LogP contribution in [0.15, 0.2) is 53.1 Å². The van der Waals surface area contributed by atoms with Gasteiger partial charge in [-0.25, -0.2) is 4.98 Å². The van der Waals surface area contributed by atoms with Crippen molar-refractivity contribution < 1.29 is 0 Å². The summed E-state index contributed by atoms with van der Waals surface area (Å²) in [6, 6.07) is 12.0. The Balaban J connectivity index is 2.09. The van der Waals surface area contributed by atoms with Gasteiger partial charge in [0, 0.05) is 4.88 Å². The number of nitrogens with zero attached hydrogens (tertiary/aromatic N) is 2. The van der Waals surface area contributed by atoms with E-state index in [4.69, 9.17) is 5.73 Å². The molecule has 6 heteroatoms. The minimum Gasteiger partial charge on any atom is -0.370 e. The van der Waals surface area contributed by atoms with Crippen LogP contribution in [0.1, 0.15) is 16.6 Å². The predicted molar refractivity (Wildman–Crippen MR) is 76.8 cm³/mol. The molecule has 0 aromatic carbocycles. The molecule has 0 saturated heterocycles. The van der Waals surface area contributed by atoms with E-state index in [-0.39, 0.29) is 6.04 Å². The van der Waals surface area contributed by atoms with Crippen molar-refractivity contribution in [3.63, 3.8) is 0 Å². The fourth-order valence-corrected chi connectivity index (χ4v) is 2.68. The average Bonchev–Trinajstić information content (AvgIpc) is 2.89. The SMILES string of the molecule is NC1=Nc2nc[nH]c2C(c2cccccccs2)N1. The zero-order valence-electron chi connectivity index (χ0n) is 10.1. The van der Waals surface area contributed by atoms with Crippen LogP contribution in [-0.4, -0.2) is 15.9 Å². The molecular formula is C13H13N5S. The van der Waals surface area contributed by atoms with Crippen LogP contribution < -0.4 is 11.1 Å². The number of guanidine groups is 1. The first kappa shape index (κ1) is 11.7. The van der Waals surface area contributed by atoms with E-state index in [1.165, 1.54) is 0 Å². The smallest absolute Gasteiger partial charge is 0.196 e. The summed E-state index contributed by atoms with van der Waals surface area (Å²) in [6.45, 7) is 0. The van der Waals surface area contributed by atoms with Gasteiger partial charge in [-0.05, 0) is 11.4 Å². The normalized spacial score (nSPS) is 16.8. The summed E-state index contributed by atoms with van der Waals surface area (Å²) >= 11 is 1.64. The second-order valence-electron chi connectivity index (χ2n) is 4.00. The Morgan fingerprint density at radius 2 is 2.00 bits per heavy atom. The Kier molecular flexibility index (Phi) is 3.16. The van der Waals surface area contributed by atoms with Crippen molar-refractivity contribution >= 4 is 23.1 Å². The standard InChI is InChI=1S/C13H13N5S/c14-13-17-10(11-12(18-13)16-8-15-11)9-6-4-2-1-3-5-7-19-9/h1-8,10H,(H,15,16)(H3,14,17,18). The first-order chi connectivity index (χ1) is 9.34. The number of nitrogens with one attached hydrogen (secondary N) is 2. The zero-order chi connectivity index (χ0) is 13.1. The second-order valence-corrected chi connectivity index (χ2v) is 4.98. The van der Waals surface area contributed by atoms with Crippen molar-refractivity contribution in [3.8, 4) is 0 Å². The molecule has 0 aliphatic carbocycles. The molecule has 0 radical (unpaired) electrons. The molecule has 3 heterocycles. The largest absolute Gasteiger partial charge is 0.370 e. The minimum absolute atomic E-state index is 0.0487. The molecule has 1 unspecified atom stereocenters. The molecule has 3 rings (SSSR count). The lowest BCUT2D eigenvalue weighted by Gasteiger charge is -2.21. The van der Waals surface area contributed by atoms with Gasteiger partial charge >= 0.3 is 0 Å². The van der Waals surface area contributed by atoms with Crippen molar-refractivity contribution in [2.24, 2.45) is 10.7 Å². The molecule has 96 valence electrons. The van der Waals surface area contributed by atoms with Gasteiger partial charge in [-0.1, -0.05) is 30.3 Å². The number of fused-ring (bicyclic) bond motifs is 1. The van der Waals surface area contributed by atoms with Gasteiger partial charge in [-0.3, -0.25) is 0 Å². The van der Waals surface area contributed by atoms with E-state index in [1.54, 1.807) is 17.7 Å². The van der Waals surface area contributed by atoms with E-state index >= 15 is 0 Å². The number of aromatic nitrogens is 2. The summed E-state index contributed by atoms with van der Waals surface area (Å²) in [6.07, 6.45) is 1.63. The molecule has 2 aromatic rings. The van der Waals surface area contributed by atoms with Crippen LogP contribution in [0.25, 0.3) is 0 Å². The van der Waals surface area contributed by atoms with Gasteiger partial charge in [0.05, 0.1) is 12.0 Å². The van der Waals surface area contributed by atoms with E-state index in [1.807, 2.05) is 35.7 Å². The van der Waals surface area contributed by atoms with Crippen LogP contribution in [-0.2, 0) is 0 Å². The number of aromatic amines is 1. The summed E-state index contributed by atoms with van der Waals surface area (Å²) in [5, 5.41) is 5.21. The van der Waals surface area contributed by atoms with Crippen LogP contribution in [0.5, 0.6) is 0 Å². The molecule has 0 amide bonds. The fourth-order valence-electron chi connectivity index (χ4n) is 1.89. The summed E-state index contributed by atoms with van der Waals surface area (Å²) in [5.41, 5.74) is 6.74. The van der Waals surface area contributed by atoms with E-state index < -0.39 is 0 Å². The Labute approximate surface area is 114 Å². The Morgan fingerprint density at radius 1 is 1.16 bits per heavy atom. The van der Waals surface area contributed by atoms with E-state index in [0.717, 1.165) is 10.6 Å². The van der Waals surface area contributed by atoms with E-state index in [0.29, 0.717) is 11.8 Å². The molecule has 1 aliphatic heterocycles.